The fraction of sp³-hybridized carbons (Fsp3) is 0.762. The zero-order valence-corrected chi connectivity index (χ0v) is 17.1. The van der Waals surface area contributed by atoms with Crippen molar-refractivity contribution in [3.8, 4) is 0 Å². The number of H-pyrrole nitrogens is 1. The molecule has 154 valence electrons. The minimum Gasteiger partial charge on any atom is -0.381 e. The van der Waals surface area contributed by atoms with Crippen molar-refractivity contribution in [3.05, 3.63) is 27.4 Å². The zero-order chi connectivity index (χ0) is 19.7. The fourth-order valence-corrected chi connectivity index (χ4v) is 4.98. The molecule has 7 heteroatoms. The van der Waals surface area contributed by atoms with Gasteiger partial charge in [0, 0.05) is 51.5 Å². The Morgan fingerprint density at radius 3 is 2.71 bits per heavy atom. The Balaban J connectivity index is 1.45. The molecule has 2 aliphatic heterocycles. The van der Waals surface area contributed by atoms with Crippen molar-refractivity contribution in [1.82, 2.24) is 19.8 Å². The highest BCUT2D eigenvalue weighted by Crippen LogP contribution is 2.31. The molecule has 0 aromatic carbocycles. The lowest BCUT2D eigenvalue weighted by Crippen LogP contribution is -2.44. The van der Waals surface area contributed by atoms with Crippen LogP contribution in [0.15, 0.2) is 4.79 Å². The van der Waals surface area contributed by atoms with Crippen LogP contribution in [0.3, 0.4) is 0 Å². The largest absolute Gasteiger partial charge is 0.381 e. The smallest absolute Gasteiger partial charge is 0.255 e. The molecule has 0 radical (unpaired) electrons. The Labute approximate surface area is 166 Å². The topological polar surface area (TPSA) is 78.5 Å². The number of rotatable bonds is 3. The highest BCUT2D eigenvalue weighted by Gasteiger charge is 2.33. The van der Waals surface area contributed by atoms with Gasteiger partial charge in [0.15, 0.2) is 0 Å². The van der Waals surface area contributed by atoms with Crippen LogP contribution in [0.4, 0.5) is 0 Å². The number of likely N-dealkylation sites (N-methyl/N-ethyl adjacent to an activating group) is 1. The van der Waals surface area contributed by atoms with Crippen LogP contribution in [0, 0.1) is 5.92 Å². The number of methoxy groups -OCH3 is 1. The maximum Gasteiger partial charge on any atom is 0.255 e. The molecule has 28 heavy (non-hydrogen) atoms. The van der Waals surface area contributed by atoms with Crippen LogP contribution in [0.25, 0.3) is 0 Å². The molecule has 0 bridgehead atoms. The van der Waals surface area contributed by atoms with Crippen LogP contribution in [0.5, 0.6) is 0 Å². The summed E-state index contributed by atoms with van der Waals surface area (Å²) in [7, 11) is 3.79. The van der Waals surface area contributed by atoms with Gasteiger partial charge >= 0.3 is 0 Å². The Morgan fingerprint density at radius 1 is 1.18 bits per heavy atom. The first-order valence-electron chi connectivity index (χ1n) is 10.7. The third-order valence-corrected chi connectivity index (χ3v) is 6.75. The number of hydrogen-bond acceptors (Lipinski definition) is 5. The quantitative estimate of drug-likeness (QED) is 0.852. The van der Waals surface area contributed by atoms with E-state index in [-0.39, 0.29) is 23.3 Å². The summed E-state index contributed by atoms with van der Waals surface area (Å²) in [6, 6.07) is 0. The van der Waals surface area contributed by atoms with Crippen LogP contribution in [-0.2, 0) is 22.5 Å². The standard InChI is InChI=1S/C21H32N4O3/c1-24-11-9-18-17(13-24)20(26)23-19(22-18)15-4-3-10-25(12-15)21(27)14-5-7-16(28-2)8-6-14/h14-16H,3-13H2,1-2H3,(H,22,23,26)/t14?,15-,16?/m0/s1. The van der Waals surface area contributed by atoms with E-state index in [4.69, 9.17) is 9.72 Å². The third kappa shape index (κ3) is 4.01. The number of aromatic nitrogens is 2. The van der Waals surface area contributed by atoms with Gasteiger partial charge in [-0.1, -0.05) is 0 Å². The number of likely N-dealkylation sites (tertiary alicyclic amines) is 1. The second-order valence-corrected chi connectivity index (χ2v) is 8.70. The molecule has 3 heterocycles. The number of carbonyl (C=O) groups excluding carboxylic acids is 1. The lowest BCUT2D eigenvalue weighted by molar-refractivity contribution is -0.138. The summed E-state index contributed by atoms with van der Waals surface area (Å²) in [6.07, 6.45) is 6.84. The molecule has 1 aliphatic carbocycles. The Kier molecular flexibility index (Phi) is 5.83. The van der Waals surface area contributed by atoms with Crippen LogP contribution < -0.4 is 5.56 Å². The zero-order valence-electron chi connectivity index (χ0n) is 17.1. The van der Waals surface area contributed by atoms with Gasteiger partial charge in [0.2, 0.25) is 5.91 Å². The molecule has 4 rings (SSSR count). The van der Waals surface area contributed by atoms with Crippen molar-refractivity contribution < 1.29 is 9.53 Å². The van der Waals surface area contributed by atoms with E-state index in [0.29, 0.717) is 19.2 Å². The van der Waals surface area contributed by atoms with E-state index in [2.05, 4.69) is 9.88 Å². The molecular weight excluding hydrogens is 356 g/mol. The number of fused-ring (bicyclic) bond motifs is 1. The van der Waals surface area contributed by atoms with Crippen LogP contribution in [0.2, 0.25) is 0 Å². The van der Waals surface area contributed by atoms with Crippen LogP contribution >= 0.6 is 0 Å². The minimum atomic E-state index is -0.00659. The summed E-state index contributed by atoms with van der Waals surface area (Å²) in [6.45, 7) is 3.09. The van der Waals surface area contributed by atoms with Gasteiger partial charge in [-0.05, 0) is 45.6 Å². The number of hydrogen-bond donors (Lipinski definition) is 1. The highest BCUT2D eigenvalue weighted by atomic mass is 16.5. The van der Waals surface area contributed by atoms with Crippen molar-refractivity contribution in [1.29, 1.82) is 0 Å². The molecule has 0 spiro atoms. The van der Waals surface area contributed by atoms with Crippen LogP contribution in [-0.4, -0.2) is 65.6 Å². The minimum absolute atomic E-state index is 0.00659. The van der Waals surface area contributed by atoms with E-state index in [1.54, 1.807) is 7.11 Å². The average Bonchev–Trinajstić information content (AvgIpc) is 2.74. The molecule has 1 amide bonds. The number of amides is 1. The lowest BCUT2D eigenvalue weighted by atomic mass is 9.85. The SMILES string of the molecule is COC1CCC(C(=O)N2CCC[C@H](c3nc4c(c(=O)[nH]3)CN(C)CC4)C2)CC1. The van der Waals surface area contributed by atoms with Crippen molar-refractivity contribution in [2.45, 2.75) is 63.5 Å². The highest BCUT2D eigenvalue weighted by molar-refractivity contribution is 5.79. The number of aromatic amines is 1. The number of carbonyl (C=O) groups is 1. The summed E-state index contributed by atoms with van der Waals surface area (Å²) < 4.78 is 5.43. The normalized spacial score (nSPS) is 28.8. The molecule has 1 aromatic heterocycles. The van der Waals surface area contributed by atoms with Crippen molar-refractivity contribution >= 4 is 5.91 Å². The molecular formula is C21H32N4O3. The number of nitrogens with one attached hydrogen (secondary N) is 1. The monoisotopic (exact) mass is 388 g/mol. The van der Waals surface area contributed by atoms with Gasteiger partial charge in [-0.15, -0.1) is 0 Å². The first kappa shape index (κ1) is 19.6. The summed E-state index contributed by atoms with van der Waals surface area (Å²) in [5, 5.41) is 0. The summed E-state index contributed by atoms with van der Waals surface area (Å²) in [5.74, 6) is 1.30. The molecule has 1 N–H and O–H groups in total. The van der Waals surface area contributed by atoms with Gasteiger partial charge in [0.1, 0.15) is 5.82 Å². The summed E-state index contributed by atoms with van der Waals surface area (Å²) in [5.41, 5.74) is 1.74. The predicted octanol–water partition coefficient (Wildman–Crippen LogP) is 1.67. The first-order chi connectivity index (χ1) is 13.5. The molecule has 1 aromatic rings. The number of piperidine rings is 1. The van der Waals surface area contributed by atoms with E-state index in [0.717, 1.165) is 75.1 Å². The summed E-state index contributed by atoms with van der Waals surface area (Å²) in [4.78, 5) is 37.6. The van der Waals surface area contributed by atoms with Crippen LogP contribution in [0.1, 0.15) is 61.5 Å². The number of ether oxygens (including phenoxy) is 1. The van der Waals surface area contributed by atoms with E-state index in [1.165, 1.54) is 0 Å². The van der Waals surface area contributed by atoms with Crippen molar-refractivity contribution in [3.63, 3.8) is 0 Å². The lowest BCUT2D eigenvalue weighted by Gasteiger charge is -2.36. The van der Waals surface area contributed by atoms with E-state index in [1.807, 2.05) is 11.9 Å². The Bertz CT molecular complexity index is 769. The van der Waals surface area contributed by atoms with Gasteiger partial charge < -0.3 is 19.5 Å². The van der Waals surface area contributed by atoms with Crippen molar-refractivity contribution in [2.75, 3.05) is 33.8 Å². The second-order valence-electron chi connectivity index (χ2n) is 8.70. The summed E-state index contributed by atoms with van der Waals surface area (Å²) >= 11 is 0. The molecule has 1 saturated heterocycles. The Hall–Kier alpha value is -1.73. The molecule has 1 saturated carbocycles. The van der Waals surface area contributed by atoms with Gasteiger partial charge in [-0.3, -0.25) is 9.59 Å². The van der Waals surface area contributed by atoms with Gasteiger partial charge in [0.25, 0.3) is 5.56 Å². The predicted molar refractivity (Wildman–Crippen MR) is 106 cm³/mol. The number of nitrogens with zero attached hydrogens (tertiary/aromatic N) is 3. The molecule has 3 aliphatic rings. The molecule has 7 nitrogen and oxygen atoms in total. The average molecular weight is 389 g/mol. The fourth-order valence-electron chi connectivity index (χ4n) is 4.98. The van der Waals surface area contributed by atoms with Gasteiger partial charge in [-0.25, -0.2) is 4.98 Å². The third-order valence-electron chi connectivity index (χ3n) is 6.75. The van der Waals surface area contributed by atoms with E-state index < -0.39 is 0 Å². The second kappa shape index (κ2) is 8.33. The molecule has 2 fully saturated rings. The van der Waals surface area contributed by atoms with E-state index in [9.17, 15) is 9.59 Å². The van der Waals surface area contributed by atoms with Gasteiger partial charge in [0.05, 0.1) is 17.4 Å². The van der Waals surface area contributed by atoms with E-state index >= 15 is 0 Å². The van der Waals surface area contributed by atoms with Gasteiger partial charge in [-0.2, -0.15) is 0 Å². The maximum atomic E-state index is 13.0. The Morgan fingerprint density at radius 2 is 1.96 bits per heavy atom. The maximum absolute atomic E-state index is 13.0. The molecule has 0 unspecified atom stereocenters. The first-order valence-corrected chi connectivity index (χ1v) is 10.7. The van der Waals surface area contributed by atoms with Crippen molar-refractivity contribution in [2.24, 2.45) is 5.92 Å². The molecule has 1 atom stereocenters.